The molecule has 5 rings (SSSR count). The molecule has 4 aliphatic rings. The predicted molar refractivity (Wildman–Crippen MR) is 160 cm³/mol. The van der Waals surface area contributed by atoms with Gasteiger partial charge in [-0.1, -0.05) is 30.2 Å². The highest BCUT2D eigenvalue weighted by atomic mass is 32.2. The van der Waals surface area contributed by atoms with Crippen LogP contribution in [0, 0.1) is 10.6 Å². The lowest BCUT2D eigenvalue weighted by atomic mass is 10.1. The molecular formula is C29H40F2N6O4S. The van der Waals surface area contributed by atoms with E-state index in [0.717, 1.165) is 55.3 Å². The average molecular weight is 607 g/mol. The molecule has 1 aromatic rings. The quantitative estimate of drug-likeness (QED) is 0.259. The van der Waals surface area contributed by atoms with Crippen molar-refractivity contribution in [3.05, 3.63) is 63.5 Å². The Morgan fingerprint density at radius 1 is 1.24 bits per heavy atom. The van der Waals surface area contributed by atoms with Crippen LogP contribution in [0.1, 0.15) is 46.0 Å². The van der Waals surface area contributed by atoms with E-state index in [9.17, 15) is 18.8 Å². The summed E-state index contributed by atoms with van der Waals surface area (Å²) >= 11 is 1.81. The summed E-state index contributed by atoms with van der Waals surface area (Å²) in [6.45, 7) is 6.95. The second-order valence-corrected chi connectivity index (χ2v) is 12.7. The van der Waals surface area contributed by atoms with Gasteiger partial charge in [0.2, 0.25) is 5.75 Å². The second kappa shape index (κ2) is 13.8. The molecule has 2 heterocycles. The number of nitrogens with zero attached hydrogens (tertiary/aromatic N) is 4. The summed E-state index contributed by atoms with van der Waals surface area (Å²) in [4.78, 5) is 21.2. The SMILES string of the molecule is CC(C)N[NH+]([O-])OCC1(COc2c(N3CCN(SCC4=CCCC=C4)CC3)cnn(C3=CC(F)CC(F)=C3)c2=O)CC1. The maximum atomic E-state index is 14.1. The molecule has 0 aromatic carbocycles. The fourth-order valence-electron chi connectivity index (χ4n) is 5.03. The Balaban J connectivity index is 1.30. The Morgan fingerprint density at radius 3 is 2.69 bits per heavy atom. The summed E-state index contributed by atoms with van der Waals surface area (Å²) < 4.78 is 37.7. The largest absolute Gasteiger partial charge is 0.579 e. The number of quaternary nitrogens is 1. The molecule has 2 unspecified atom stereocenters. The number of halogens is 2. The van der Waals surface area contributed by atoms with E-state index in [1.54, 1.807) is 11.9 Å². The van der Waals surface area contributed by atoms with Gasteiger partial charge in [0.05, 0.1) is 24.5 Å². The van der Waals surface area contributed by atoms with E-state index >= 15 is 0 Å². The highest BCUT2D eigenvalue weighted by Crippen LogP contribution is 2.46. The predicted octanol–water partition coefficient (Wildman–Crippen LogP) is 3.11. The second-order valence-electron chi connectivity index (χ2n) is 11.6. The molecule has 10 nitrogen and oxygen atoms in total. The maximum Gasteiger partial charge on any atom is 0.315 e. The van der Waals surface area contributed by atoms with Gasteiger partial charge in [0, 0.05) is 43.8 Å². The zero-order valence-corrected chi connectivity index (χ0v) is 25.0. The highest BCUT2D eigenvalue weighted by Gasteiger charge is 2.46. The van der Waals surface area contributed by atoms with Gasteiger partial charge in [-0.05, 0) is 57.3 Å². The Kier molecular flexibility index (Phi) is 10.2. The van der Waals surface area contributed by atoms with Gasteiger partial charge in [-0.25, -0.2) is 13.1 Å². The van der Waals surface area contributed by atoms with E-state index in [4.69, 9.17) is 9.57 Å². The number of nitrogens with one attached hydrogen (secondary N) is 2. The highest BCUT2D eigenvalue weighted by molar-refractivity contribution is 7.97. The molecular weight excluding hydrogens is 566 g/mol. The summed E-state index contributed by atoms with van der Waals surface area (Å²) in [6, 6.07) is -0.0429. The van der Waals surface area contributed by atoms with Crippen LogP contribution in [-0.2, 0) is 4.84 Å². The molecule has 1 aromatic heterocycles. The molecule has 1 aliphatic heterocycles. The van der Waals surface area contributed by atoms with Crippen LogP contribution in [0.2, 0.25) is 0 Å². The third-order valence-corrected chi connectivity index (χ3v) is 8.86. The number of ether oxygens (including phenoxy) is 1. The number of hydrogen-bond donors (Lipinski definition) is 2. The minimum Gasteiger partial charge on any atom is -0.579 e. The van der Waals surface area contributed by atoms with Crippen LogP contribution in [0.5, 0.6) is 5.75 Å². The zero-order valence-electron chi connectivity index (χ0n) is 24.2. The molecule has 2 N–H and O–H groups in total. The van der Waals surface area contributed by atoms with Crippen LogP contribution in [-0.4, -0.2) is 71.4 Å². The van der Waals surface area contributed by atoms with Gasteiger partial charge in [0.1, 0.15) is 24.3 Å². The summed E-state index contributed by atoms with van der Waals surface area (Å²) in [5, 5.41) is 15.8. The first-order valence-electron chi connectivity index (χ1n) is 14.6. The standard InChI is InChI=1S/C29H40F2N6O4S/c1-21(2)33-37(39)41-20-29(8-9-29)19-40-27-26(17-32-36(28(27)38)25-15-23(30)14-24(31)16-25)34-10-12-35(13-11-34)42-18-22-6-4-3-5-7-22/h4,6-7,15-17,21,23,33,37H,3,5,8-14,18-20H2,1-2H3. The van der Waals surface area contributed by atoms with Gasteiger partial charge < -0.3 is 14.8 Å². The van der Waals surface area contributed by atoms with Crippen molar-refractivity contribution in [3.8, 4) is 5.75 Å². The van der Waals surface area contributed by atoms with E-state index in [2.05, 4.69) is 38.0 Å². The Hall–Kier alpha value is -2.55. The van der Waals surface area contributed by atoms with Crippen LogP contribution in [0.3, 0.4) is 0 Å². The fourth-order valence-corrected chi connectivity index (χ4v) is 6.00. The minimum absolute atomic E-state index is 0.0368. The molecule has 0 radical (unpaired) electrons. The summed E-state index contributed by atoms with van der Waals surface area (Å²) in [5.41, 5.74) is 3.66. The number of hydrogen-bond acceptors (Lipinski definition) is 9. The fraction of sp³-hybridized carbons (Fsp3) is 0.586. The van der Waals surface area contributed by atoms with Crippen molar-refractivity contribution in [2.45, 2.75) is 58.2 Å². The van der Waals surface area contributed by atoms with Gasteiger partial charge >= 0.3 is 5.56 Å². The lowest BCUT2D eigenvalue weighted by Gasteiger charge is -2.36. The molecule has 1 saturated heterocycles. The molecule has 42 heavy (non-hydrogen) atoms. The minimum atomic E-state index is -1.54. The van der Waals surface area contributed by atoms with Crippen molar-refractivity contribution in [3.63, 3.8) is 0 Å². The van der Waals surface area contributed by atoms with Crippen molar-refractivity contribution in [2.75, 3.05) is 50.0 Å². The van der Waals surface area contributed by atoms with Crippen LogP contribution in [0.4, 0.5) is 14.5 Å². The van der Waals surface area contributed by atoms with E-state index in [1.807, 2.05) is 13.8 Å². The number of piperazine rings is 1. The number of allylic oxidation sites excluding steroid dienone is 7. The molecule has 230 valence electrons. The average Bonchev–Trinajstić information content (AvgIpc) is 3.74. The molecule has 2 atom stereocenters. The zero-order chi connectivity index (χ0) is 29.7. The lowest BCUT2D eigenvalue weighted by Crippen LogP contribution is -3.14. The number of alkyl halides is 1. The van der Waals surface area contributed by atoms with Gasteiger partial charge in [-0.2, -0.15) is 14.6 Å². The van der Waals surface area contributed by atoms with Gasteiger partial charge in [-0.3, -0.25) is 4.79 Å². The molecule has 1 saturated carbocycles. The van der Waals surface area contributed by atoms with Crippen molar-refractivity contribution >= 4 is 23.3 Å². The van der Waals surface area contributed by atoms with Crippen molar-refractivity contribution in [2.24, 2.45) is 5.41 Å². The third-order valence-electron chi connectivity index (χ3n) is 7.67. The molecule has 0 spiro atoms. The first-order valence-corrected chi connectivity index (χ1v) is 15.5. The molecule has 3 aliphatic carbocycles. The summed E-state index contributed by atoms with van der Waals surface area (Å²) in [7, 11) is 0. The first-order chi connectivity index (χ1) is 20.2. The normalized spacial score (nSPS) is 23.0. The topological polar surface area (TPSA) is 99.4 Å². The van der Waals surface area contributed by atoms with E-state index < -0.39 is 22.9 Å². The van der Waals surface area contributed by atoms with E-state index in [1.165, 1.54) is 17.8 Å². The third kappa shape index (κ3) is 8.08. The van der Waals surface area contributed by atoms with Crippen molar-refractivity contribution in [1.82, 2.24) is 19.5 Å². The molecule has 13 heteroatoms. The van der Waals surface area contributed by atoms with Crippen molar-refractivity contribution < 1.29 is 23.7 Å². The van der Waals surface area contributed by atoms with Crippen LogP contribution >= 0.6 is 11.9 Å². The van der Waals surface area contributed by atoms with Gasteiger partial charge in [0.25, 0.3) is 0 Å². The van der Waals surface area contributed by atoms with Crippen LogP contribution in [0.25, 0.3) is 5.70 Å². The summed E-state index contributed by atoms with van der Waals surface area (Å²) in [5.74, 6) is 0.357. The van der Waals surface area contributed by atoms with Crippen LogP contribution in [0.15, 0.2) is 52.8 Å². The Morgan fingerprint density at radius 2 is 2.02 bits per heavy atom. The molecule has 0 amide bonds. The monoisotopic (exact) mass is 606 g/mol. The number of aromatic nitrogens is 2. The van der Waals surface area contributed by atoms with Crippen LogP contribution < -0.4 is 26.0 Å². The van der Waals surface area contributed by atoms with Gasteiger partial charge in [-0.15, -0.1) is 10.8 Å². The smallest absolute Gasteiger partial charge is 0.315 e. The molecule has 2 fully saturated rings. The maximum absolute atomic E-state index is 14.1. The number of anilines is 1. The first kappa shape index (κ1) is 30.9. The van der Waals surface area contributed by atoms with E-state index in [-0.39, 0.29) is 42.5 Å². The van der Waals surface area contributed by atoms with Crippen molar-refractivity contribution in [1.29, 1.82) is 0 Å². The van der Waals surface area contributed by atoms with E-state index in [0.29, 0.717) is 18.8 Å². The Labute approximate surface area is 249 Å². The lowest BCUT2D eigenvalue weighted by molar-refractivity contribution is -1.09. The summed E-state index contributed by atoms with van der Waals surface area (Å²) in [6.07, 6.45) is 12.4. The number of rotatable bonds is 13. The molecule has 0 bridgehead atoms. The Bertz CT molecular complexity index is 1290. The van der Waals surface area contributed by atoms with Gasteiger partial charge in [0.15, 0.2) is 0 Å².